The van der Waals surface area contributed by atoms with Crippen LogP contribution in [0.25, 0.3) is 0 Å². The molecule has 272 valence electrons. The van der Waals surface area contributed by atoms with Crippen LogP contribution in [-0.4, -0.2) is 118 Å². The summed E-state index contributed by atoms with van der Waals surface area (Å²) in [5.41, 5.74) is -2.89. The summed E-state index contributed by atoms with van der Waals surface area (Å²) in [6, 6.07) is 0. The predicted octanol–water partition coefficient (Wildman–Crippen LogP) is 4.94. The number of hydrogen-bond donors (Lipinski definition) is 0. The lowest BCUT2D eigenvalue weighted by molar-refractivity contribution is -0.174. The molecule has 0 aliphatic carbocycles. The van der Waals surface area contributed by atoms with Crippen molar-refractivity contribution in [1.29, 1.82) is 0 Å². The Kier molecular flexibility index (Phi) is 23.0. The second-order valence-corrected chi connectivity index (χ2v) is 19.1. The number of carbonyl (C=O) groups excluding carboxylic acids is 6. The summed E-state index contributed by atoms with van der Waals surface area (Å²) >= 11 is 18.9. The molecule has 0 aromatic heterocycles. The number of esters is 6. The zero-order chi connectivity index (χ0) is 36.5. The van der Waals surface area contributed by atoms with Crippen molar-refractivity contribution in [2.24, 2.45) is 10.8 Å². The van der Waals surface area contributed by atoms with E-state index in [1.54, 1.807) is 41.5 Å². The van der Waals surface area contributed by atoms with Gasteiger partial charge < -0.3 is 33.2 Å². The molecule has 0 saturated carbocycles. The lowest BCUT2D eigenvalue weighted by Crippen LogP contribution is -2.48. The summed E-state index contributed by atoms with van der Waals surface area (Å²) in [5, 5.41) is 0. The van der Waals surface area contributed by atoms with Crippen LogP contribution in [0.15, 0.2) is 0 Å². The van der Waals surface area contributed by atoms with E-state index in [2.05, 4.69) is 95.6 Å². The van der Waals surface area contributed by atoms with E-state index in [9.17, 15) is 28.8 Å². The first-order valence-corrected chi connectivity index (χ1v) is 19.6. The highest BCUT2D eigenvalue weighted by Crippen LogP contribution is 2.27. The van der Waals surface area contributed by atoms with Gasteiger partial charge in [0.25, 0.3) is 0 Å². The molecule has 0 saturated heterocycles. The van der Waals surface area contributed by atoms with Gasteiger partial charge in [0.1, 0.15) is 68.6 Å². The van der Waals surface area contributed by atoms with Crippen LogP contribution >= 0.6 is 95.6 Å². The molecule has 0 heterocycles. The molecular weight excluding hydrogens is 1020 g/mol. The molecule has 0 radical (unpaired) electrons. The fourth-order valence-electron chi connectivity index (χ4n) is 3.02. The van der Waals surface area contributed by atoms with E-state index in [1.165, 1.54) is 0 Å². The quantitative estimate of drug-likeness (QED) is 0.0815. The van der Waals surface area contributed by atoms with Crippen LogP contribution in [0, 0.1) is 10.8 Å². The van der Waals surface area contributed by atoms with Crippen LogP contribution in [0.5, 0.6) is 0 Å². The fraction of sp³-hybridized carbons (Fsp3) is 0.786. The van der Waals surface area contributed by atoms with E-state index in [0.29, 0.717) is 0 Å². The molecule has 0 aliphatic heterocycles. The second-order valence-electron chi connectivity index (χ2n) is 10.8. The molecule has 13 nitrogen and oxygen atoms in total. The Labute approximate surface area is 325 Å². The average Bonchev–Trinajstić information content (AvgIpc) is 3.00. The lowest BCUT2D eigenvalue weighted by Gasteiger charge is -2.36. The van der Waals surface area contributed by atoms with Crippen molar-refractivity contribution in [1.82, 2.24) is 0 Å². The smallest absolute Gasteiger partial charge is 0.319 e. The van der Waals surface area contributed by atoms with Gasteiger partial charge in [0.2, 0.25) is 0 Å². The van der Waals surface area contributed by atoms with Crippen molar-refractivity contribution in [3.63, 3.8) is 0 Å². The largest absolute Gasteiger partial charge is 0.464 e. The molecule has 19 heteroatoms. The van der Waals surface area contributed by atoms with Crippen LogP contribution < -0.4 is 0 Å². The Morgan fingerprint density at radius 1 is 0.362 bits per heavy atom. The Morgan fingerprint density at radius 3 is 0.638 bits per heavy atom. The molecule has 0 bridgehead atoms. The summed E-state index contributed by atoms with van der Waals surface area (Å²) in [6.07, 6.45) is 0. The molecule has 0 fully saturated rings. The number of ether oxygens (including phenoxy) is 7. The minimum Gasteiger partial charge on any atom is -0.464 e. The minimum atomic E-state index is -1.44. The predicted molar refractivity (Wildman–Crippen MR) is 192 cm³/mol. The maximum absolute atomic E-state index is 12.4. The van der Waals surface area contributed by atoms with E-state index in [0.717, 1.165) is 0 Å². The van der Waals surface area contributed by atoms with Crippen molar-refractivity contribution in [2.75, 3.05) is 52.9 Å². The molecule has 47 heavy (non-hydrogen) atoms. The van der Waals surface area contributed by atoms with E-state index in [-0.39, 0.29) is 13.2 Å². The first-order chi connectivity index (χ1) is 21.7. The summed E-state index contributed by atoms with van der Waals surface area (Å²) in [7, 11) is 0. The van der Waals surface area contributed by atoms with Gasteiger partial charge in [-0.2, -0.15) is 0 Å². The van der Waals surface area contributed by atoms with Crippen molar-refractivity contribution in [2.45, 2.75) is 70.5 Å². The molecule has 0 aromatic carbocycles. The number of carbonyl (C=O) groups is 6. The normalized spacial score (nSPS) is 17.6. The monoisotopic (exact) mass is 1060 g/mol. The van der Waals surface area contributed by atoms with Crippen LogP contribution in [0.1, 0.15) is 41.5 Å². The topological polar surface area (TPSA) is 167 Å². The Morgan fingerprint density at radius 2 is 0.511 bits per heavy atom. The number of alkyl halides is 6. The van der Waals surface area contributed by atoms with Gasteiger partial charge >= 0.3 is 35.8 Å². The van der Waals surface area contributed by atoms with Crippen LogP contribution in [-0.2, 0) is 61.9 Å². The summed E-state index contributed by atoms with van der Waals surface area (Å²) < 4.78 is 38.8. The van der Waals surface area contributed by atoms with Gasteiger partial charge in [-0.05, 0) is 41.5 Å². The Bertz CT molecular complexity index is 850. The highest BCUT2D eigenvalue weighted by atomic mass is 79.9. The fourth-order valence-corrected chi connectivity index (χ4v) is 3.81. The SMILES string of the molecule is CC(Br)C(=O)OCC(COCC(COC(=O)C(C)Br)(COC(=O)C(C)Br)COC(=O)C(C)Br)(COC(=O)C(C)Br)COC(=O)C(C)Br. The minimum absolute atomic E-state index is 0.360. The van der Waals surface area contributed by atoms with E-state index in [4.69, 9.17) is 33.2 Å². The van der Waals surface area contributed by atoms with Crippen molar-refractivity contribution in [3.8, 4) is 0 Å². The summed E-state index contributed by atoms with van der Waals surface area (Å²) in [4.78, 5) is 70.5. The molecule has 6 unspecified atom stereocenters. The van der Waals surface area contributed by atoms with Gasteiger partial charge in [-0.25, -0.2) is 0 Å². The standard InChI is InChI=1S/C28H40Br6O13/c1-15(29)21(35)42-9-27(10-43-22(36)16(2)30,11-44-23(37)17(3)31)7-41-8-28(12-45-24(38)18(4)32,13-46-25(39)19(5)33)14-47-26(40)20(6)34/h15-20H,7-14H2,1-6H3. The highest BCUT2D eigenvalue weighted by molar-refractivity contribution is 9.10. The van der Waals surface area contributed by atoms with Gasteiger partial charge in [0.15, 0.2) is 0 Å². The number of hydrogen-bond acceptors (Lipinski definition) is 13. The third kappa shape index (κ3) is 19.0. The molecule has 0 rings (SSSR count). The van der Waals surface area contributed by atoms with Gasteiger partial charge in [-0.15, -0.1) is 0 Å². The molecule has 0 aromatic rings. The van der Waals surface area contributed by atoms with E-state index < -0.39 is 115 Å². The van der Waals surface area contributed by atoms with Gasteiger partial charge in [0, 0.05) is 0 Å². The Hall–Kier alpha value is -0.340. The number of rotatable bonds is 22. The van der Waals surface area contributed by atoms with E-state index >= 15 is 0 Å². The molecule has 6 atom stereocenters. The lowest BCUT2D eigenvalue weighted by atomic mass is 9.90. The zero-order valence-corrected chi connectivity index (χ0v) is 36.2. The van der Waals surface area contributed by atoms with Crippen LogP contribution in [0.3, 0.4) is 0 Å². The number of halogens is 6. The summed E-state index contributed by atoms with van der Waals surface area (Å²) in [6.45, 7) is 6.10. The first-order valence-electron chi connectivity index (χ1n) is 14.1. The second kappa shape index (κ2) is 23.2. The van der Waals surface area contributed by atoms with Crippen LogP contribution in [0.4, 0.5) is 0 Å². The molecular formula is C28H40Br6O13. The third-order valence-electron chi connectivity index (χ3n) is 5.89. The average molecular weight is 1060 g/mol. The third-order valence-corrected chi connectivity index (χ3v) is 8.13. The summed E-state index contributed by atoms with van der Waals surface area (Å²) in [5.74, 6) is -3.88. The van der Waals surface area contributed by atoms with Gasteiger partial charge in [0.05, 0.1) is 24.0 Å². The van der Waals surface area contributed by atoms with Crippen molar-refractivity contribution < 1.29 is 61.9 Å². The molecule has 0 aliphatic rings. The first kappa shape index (κ1) is 46.7. The van der Waals surface area contributed by atoms with Gasteiger partial charge in [-0.3, -0.25) is 28.8 Å². The molecule has 0 amide bonds. The maximum atomic E-state index is 12.4. The maximum Gasteiger partial charge on any atom is 0.319 e. The Balaban J connectivity index is 6.64. The van der Waals surface area contributed by atoms with E-state index in [1.807, 2.05) is 0 Å². The highest BCUT2D eigenvalue weighted by Gasteiger charge is 2.41. The molecule has 0 spiro atoms. The molecule has 0 N–H and O–H groups in total. The van der Waals surface area contributed by atoms with Crippen molar-refractivity contribution >= 4 is 131 Å². The zero-order valence-electron chi connectivity index (χ0n) is 26.7. The van der Waals surface area contributed by atoms with Crippen molar-refractivity contribution in [3.05, 3.63) is 0 Å². The van der Waals surface area contributed by atoms with Crippen LogP contribution in [0.2, 0.25) is 0 Å². The van der Waals surface area contributed by atoms with Gasteiger partial charge in [-0.1, -0.05) is 95.6 Å².